The van der Waals surface area contributed by atoms with Gasteiger partial charge in [-0.2, -0.15) is 0 Å². The van der Waals surface area contributed by atoms with Crippen LogP contribution in [0.1, 0.15) is 23.7 Å². The Bertz CT molecular complexity index is 468. The van der Waals surface area contributed by atoms with Crippen molar-refractivity contribution in [2.24, 2.45) is 0 Å². The third-order valence-electron chi connectivity index (χ3n) is 4.18. The monoisotopic (exact) mass is 276 g/mol. The summed E-state index contributed by atoms with van der Waals surface area (Å²) in [7, 11) is 0. The average molecular weight is 276 g/mol. The second kappa shape index (κ2) is 5.85. The Labute approximate surface area is 118 Å². The Morgan fingerprint density at radius 3 is 2.95 bits per heavy atom. The molecule has 6 heteroatoms. The van der Waals surface area contributed by atoms with Crippen molar-refractivity contribution in [3.63, 3.8) is 0 Å². The summed E-state index contributed by atoms with van der Waals surface area (Å²) in [5.41, 5.74) is 0.557. The van der Waals surface area contributed by atoms with Gasteiger partial charge in [0.2, 0.25) is 0 Å². The van der Waals surface area contributed by atoms with Crippen molar-refractivity contribution >= 4 is 5.91 Å². The van der Waals surface area contributed by atoms with Crippen LogP contribution in [0.5, 0.6) is 0 Å². The normalized spacial score (nSPS) is 27.1. The molecule has 3 heterocycles. The van der Waals surface area contributed by atoms with Crippen molar-refractivity contribution in [2.45, 2.75) is 25.5 Å². The topological polar surface area (TPSA) is 58.6 Å². The van der Waals surface area contributed by atoms with Crippen molar-refractivity contribution in [1.82, 2.24) is 19.8 Å². The van der Waals surface area contributed by atoms with E-state index in [0.717, 1.165) is 26.1 Å². The molecule has 1 aromatic heterocycles. The van der Waals surface area contributed by atoms with Crippen LogP contribution in [0.3, 0.4) is 0 Å². The lowest BCUT2D eigenvalue weighted by Gasteiger charge is -2.46. The summed E-state index contributed by atoms with van der Waals surface area (Å²) in [5, 5.41) is 0. The highest BCUT2D eigenvalue weighted by atomic mass is 16.5. The molecular weight excluding hydrogens is 256 g/mol. The number of likely N-dealkylation sites (tertiary alicyclic amines) is 1. The fourth-order valence-corrected chi connectivity index (χ4v) is 3.05. The first-order valence-electron chi connectivity index (χ1n) is 7.19. The molecule has 0 radical (unpaired) electrons. The number of rotatable bonds is 2. The van der Waals surface area contributed by atoms with Gasteiger partial charge in [0, 0.05) is 32.0 Å². The summed E-state index contributed by atoms with van der Waals surface area (Å²) >= 11 is 0. The first-order chi connectivity index (χ1) is 9.79. The van der Waals surface area contributed by atoms with Gasteiger partial charge in [-0.25, -0.2) is 9.97 Å². The lowest BCUT2D eigenvalue weighted by atomic mass is 9.98. The van der Waals surface area contributed by atoms with Gasteiger partial charge in [0.15, 0.2) is 0 Å². The van der Waals surface area contributed by atoms with E-state index >= 15 is 0 Å². The number of amides is 1. The molecule has 0 aliphatic carbocycles. The highest BCUT2D eigenvalue weighted by molar-refractivity contribution is 5.94. The molecule has 2 fully saturated rings. The van der Waals surface area contributed by atoms with Gasteiger partial charge >= 0.3 is 0 Å². The summed E-state index contributed by atoms with van der Waals surface area (Å²) < 4.78 is 5.84. The maximum absolute atomic E-state index is 12.6. The minimum atomic E-state index is 0.0156. The number of nitrogens with zero attached hydrogens (tertiary/aromatic N) is 4. The molecule has 2 atom stereocenters. The highest BCUT2D eigenvalue weighted by Gasteiger charge is 2.39. The molecule has 6 nitrogen and oxygen atoms in total. The van der Waals surface area contributed by atoms with Gasteiger partial charge in [-0.15, -0.1) is 0 Å². The molecule has 0 bridgehead atoms. The fraction of sp³-hybridized carbons (Fsp3) is 0.643. The van der Waals surface area contributed by atoms with Gasteiger partial charge < -0.3 is 14.5 Å². The predicted molar refractivity (Wildman–Crippen MR) is 73.3 cm³/mol. The van der Waals surface area contributed by atoms with E-state index < -0.39 is 0 Å². The minimum Gasteiger partial charge on any atom is -0.374 e. The van der Waals surface area contributed by atoms with E-state index in [0.29, 0.717) is 18.7 Å². The number of ether oxygens (including phenoxy) is 1. The average Bonchev–Trinajstić information content (AvgIpc) is 2.54. The quantitative estimate of drug-likeness (QED) is 0.783. The number of likely N-dealkylation sites (N-methyl/N-ethyl adjacent to an activating group) is 1. The number of fused-ring (bicyclic) bond motifs is 1. The van der Waals surface area contributed by atoms with E-state index in [4.69, 9.17) is 4.74 Å². The molecule has 20 heavy (non-hydrogen) atoms. The summed E-state index contributed by atoms with van der Waals surface area (Å²) in [5.74, 6) is 0.0156. The van der Waals surface area contributed by atoms with Crippen LogP contribution in [0.2, 0.25) is 0 Å². The molecular formula is C14H20N4O2. The molecule has 0 spiro atoms. The zero-order chi connectivity index (χ0) is 13.9. The smallest absolute Gasteiger partial charge is 0.257 e. The summed E-state index contributed by atoms with van der Waals surface area (Å²) in [4.78, 5) is 24.8. The van der Waals surface area contributed by atoms with Gasteiger partial charge in [0.25, 0.3) is 5.91 Å². The highest BCUT2D eigenvalue weighted by Crippen LogP contribution is 2.24. The SMILES string of the molecule is CCN1CC[C@H]2OCCN(C(=O)c3cncnc3)[C@H]2C1. The molecule has 0 unspecified atom stereocenters. The van der Waals surface area contributed by atoms with Crippen LogP contribution in [0.15, 0.2) is 18.7 Å². The molecule has 1 amide bonds. The second-order valence-electron chi connectivity index (χ2n) is 5.28. The lowest BCUT2D eigenvalue weighted by molar-refractivity contribution is -0.0896. The van der Waals surface area contributed by atoms with Gasteiger partial charge in [0.1, 0.15) is 6.33 Å². The van der Waals surface area contributed by atoms with Crippen LogP contribution in [0.4, 0.5) is 0 Å². The van der Waals surface area contributed by atoms with E-state index in [-0.39, 0.29) is 18.1 Å². The summed E-state index contributed by atoms with van der Waals surface area (Å²) in [6.07, 6.45) is 5.77. The van der Waals surface area contributed by atoms with E-state index in [9.17, 15) is 4.79 Å². The zero-order valence-corrected chi connectivity index (χ0v) is 11.7. The van der Waals surface area contributed by atoms with Crippen LogP contribution in [-0.4, -0.2) is 70.6 Å². The summed E-state index contributed by atoms with van der Waals surface area (Å²) in [6.45, 7) is 6.37. The number of hydrogen-bond donors (Lipinski definition) is 0. The molecule has 108 valence electrons. The van der Waals surface area contributed by atoms with E-state index in [1.165, 1.54) is 6.33 Å². The van der Waals surface area contributed by atoms with E-state index in [2.05, 4.69) is 21.8 Å². The minimum absolute atomic E-state index is 0.0156. The molecule has 2 aliphatic rings. The summed E-state index contributed by atoms with van der Waals surface area (Å²) in [6, 6.07) is 0.144. The van der Waals surface area contributed by atoms with Gasteiger partial charge in [-0.1, -0.05) is 6.92 Å². The fourth-order valence-electron chi connectivity index (χ4n) is 3.05. The van der Waals surface area contributed by atoms with Crippen molar-refractivity contribution in [2.75, 3.05) is 32.8 Å². The molecule has 1 aromatic rings. The van der Waals surface area contributed by atoms with Crippen LogP contribution in [0.25, 0.3) is 0 Å². The van der Waals surface area contributed by atoms with Crippen molar-refractivity contribution in [1.29, 1.82) is 0 Å². The van der Waals surface area contributed by atoms with Crippen molar-refractivity contribution in [3.8, 4) is 0 Å². The third kappa shape index (κ3) is 2.53. The molecule has 0 N–H and O–H groups in total. The first kappa shape index (κ1) is 13.5. The lowest BCUT2D eigenvalue weighted by Crippen LogP contribution is -2.61. The van der Waals surface area contributed by atoms with Crippen LogP contribution in [-0.2, 0) is 4.74 Å². The molecule has 2 saturated heterocycles. The molecule has 0 aromatic carbocycles. The maximum atomic E-state index is 12.6. The van der Waals surface area contributed by atoms with Crippen LogP contribution in [0, 0.1) is 0 Å². The van der Waals surface area contributed by atoms with Crippen molar-refractivity contribution in [3.05, 3.63) is 24.3 Å². The maximum Gasteiger partial charge on any atom is 0.257 e. The number of carbonyl (C=O) groups excluding carboxylic acids is 1. The second-order valence-corrected chi connectivity index (χ2v) is 5.28. The molecule has 0 saturated carbocycles. The largest absolute Gasteiger partial charge is 0.374 e. The Hall–Kier alpha value is -1.53. The van der Waals surface area contributed by atoms with E-state index in [1.807, 2.05) is 4.90 Å². The Kier molecular flexibility index (Phi) is 3.93. The van der Waals surface area contributed by atoms with Crippen LogP contribution >= 0.6 is 0 Å². The Morgan fingerprint density at radius 1 is 1.40 bits per heavy atom. The molecule has 3 rings (SSSR count). The third-order valence-corrected chi connectivity index (χ3v) is 4.18. The molecule has 2 aliphatic heterocycles. The van der Waals surface area contributed by atoms with Crippen LogP contribution < -0.4 is 0 Å². The number of carbonyl (C=O) groups is 1. The number of piperidine rings is 1. The van der Waals surface area contributed by atoms with Gasteiger partial charge in [-0.3, -0.25) is 4.79 Å². The van der Waals surface area contributed by atoms with Gasteiger partial charge in [-0.05, 0) is 13.0 Å². The number of aromatic nitrogens is 2. The zero-order valence-electron chi connectivity index (χ0n) is 11.7. The standard InChI is InChI=1S/C14H20N4O2/c1-2-17-4-3-13-12(9-17)18(5-6-20-13)14(19)11-7-15-10-16-8-11/h7-8,10,12-13H,2-6,9H2,1H3/t12-,13+/m0/s1. The Morgan fingerprint density at radius 2 is 2.20 bits per heavy atom. The predicted octanol–water partition coefficient (Wildman–Crippen LogP) is 0.412. The van der Waals surface area contributed by atoms with Crippen molar-refractivity contribution < 1.29 is 9.53 Å². The first-order valence-corrected chi connectivity index (χ1v) is 7.19. The van der Waals surface area contributed by atoms with E-state index in [1.54, 1.807) is 12.4 Å². The number of morpholine rings is 1. The Balaban J connectivity index is 1.79. The van der Waals surface area contributed by atoms with Gasteiger partial charge in [0.05, 0.1) is 24.3 Å². The number of hydrogen-bond acceptors (Lipinski definition) is 5.